The number of anilines is 1. The van der Waals surface area contributed by atoms with Gasteiger partial charge in [0.05, 0.1) is 6.61 Å². The second-order valence-corrected chi connectivity index (χ2v) is 4.07. The largest absolute Gasteiger partial charge is 0.450 e. The van der Waals surface area contributed by atoms with Crippen LogP contribution in [0.5, 0.6) is 0 Å². The molecule has 2 rings (SSSR count). The van der Waals surface area contributed by atoms with Crippen LogP contribution in [0.1, 0.15) is 30.7 Å². The van der Waals surface area contributed by atoms with Crippen LogP contribution in [0.25, 0.3) is 0 Å². The van der Waals surface area contributed by atoms with Gasteiger partial charge in [-0.25, -0.2) is 4.79 Å². The summed E-state index contributed by atoms with van der Waals surface area (Å²) in [6, 6.07) is 0. The molecule has 1 aliphatic carbocycles. The van der Waals surface area contributed by atoms with Crippen molar-refractivity contribution in [2.45, 2.75) is 25.7 Å². The molecular weight excluding hydrogens is 202 g/mol. The van der Waals surface area contributed by atoms with Crippen molar-refractivity contribution in [3.63, 3.8) is 0 Å². The fourth-order valence-corrected chi connectivity index (χ4v) is 1.93. The van der Waals surface area contributed by atoms with Crippen LogP contribution in [0.2, 0.25) is 0 Å². The lowest BCUT2D eigenvalue weighted by Gasteiger charge is -1.99. The third-order valence-corrected chi connectivity index (χ3v) is 2.85. The summed E-state index contributed by atoms with van der Waals surface area (Å²) in [5.74, 6) is 0.574. The normalized spacial score (nSPS) is 15.2. The molecule has 1 aliphatic rings. The first-order valence-electron chi connectivity index (χ1n) is 4.56. The third kappa shape index (κ3) is 2.20. The zero-order chi connectivity index (χ0) is 9.97. The molecule has 0 spiro atoms. The van der Waals surface area contributed by atoms with Crippen molar-refractivity contribution in [3.8, 4) is 0 Å². The van der Waals surface area contributed by atoms with Crippen LogP contribution in [0.15, 0.2) is 0 Å². The number of rotatable bonds is 3. The van der Waals surface area contributed by atoms with Crippen molar-refractivity contribution in [2.24, 2.45) is 0 Å². The molecule has 0 aliphatic heterocycles. The molecule has 1 saturated carbocycles. The molecule has 0 atom stereocenters. The monoisotopic (exact) mass is 213 g/mol. The Labute approximate surface area is 85.5 Å². The molecule has 6 heteroatoms. The number of hydrogen-bond acceptors (Lipinski definition) is 5. The van der Waals surface area contributed by atoms with Crippen LogP contribution >= 0.6 is 11.3 Å². The molecule has 0 radical (unpaired) electrons. The lowest BCUT2D eigenvalue weighted by molar-refractivity contribution is 0.168. The summed E-state index contributed by atoms with van der Waals surface area (Å²) in [5, 5.41) is 11.9. The van der Waals surface area contributed by atoms with Gasteiger partial charge in [-0.15, -0.1) is 10.2 Å². The number of ether oxygens (including phenoxy) is 1. The van der Waals surface area contributed by atoms with Gasteiger partial charge in [-0.1, -0.05) is 11.3 Å². The van der Waals surface area contributed by atoms with E-state index in [2.05, 4.69) is 15.5 Å². The van der Waals surface area contributed by atoms with E-state index in [-0.39, 0.29) is 0 Å². The molecule has 0 saturated heterocycles. The highest BCUT2D eigenvalue weighted by Crippen LogP contribution is 2.41. The zero-order valence-electron chi connectivity index (χ0n) is 7.82. The van der Waals surface area contributed by atoms with E-state index in [1.807, 2.05) is 0 Å². The number of carbonyl (C=O) groups excluding carboxylic acids is 1. The predicted molar refractivity (Wildman–Crippen MR) is 52.5 cm³/mol. The maximum Gasteiger partial charge on any atom is 0.413 e. The van der Waals surface area contributed by atoms with Crippen LogP contribution in [0.4, 0.5) is 9.93 Å². The Morgan fingerprint density at radius 1 is 1.64 bits per heavy atom. The van der Waals surface area contributed by atoms with Gasteiger partial charge in [0, 0.05) is 5.92 Å². The lowest BCUT2D eigenvalue weighted by atomic mass is 10.5. The molecule has 1 fully saturated rings. The summed E-state index contributed by atoms with van der Waals surface area (Å²) < 4.78 is 4.72. The average molecular weight is 213 g/mol. The van der Waals surface area contributed by atoms with E-state index in [4.69, 9.17) is 4.74 Å². The van der Waals surface area contributed by atoms with Gasteiger partial charge in [-0.3, -0.25) is 5.32 Å². The van der Waals surface area contributed by atoms with Gasteiger partial charge >= 0.3 is 6.09 Å². The van der Waals surface area contributed by atoms with Crippen LogP contribution < -0.4 is 5.32 Å². The zero-order valence-corrected chi connectivity index (χ0v) is 8.63. The smallest absolute Gasteiger partial charge is 0.413 e. The molecule has 0 bridgehead atoms. The average Bonchev–Trinajstić information content (AvgIpc) is 2.89. The summed E-state index contributed by atoms with van der Waals surface area (Å²) in [5.41, 5.74) is 0. The summed E-state index contributed by atoms with van der Waals surface area (Å²) in [6.07, 6.45) is 1.91. The topological polar surface area (TPSA) is 64.1 Å². The van der Waals surface area contributed by atoms with E-state index >= 15 is 0 Å². The summed E-state index contributed by atoms with van der Waals surface area (Å²) >= 11 is 1.42. The maximum absolute atomic E-state index is 11.0. The van der Waals surface area contributed by atoms with Gasteiger partial charge in [-0.2, -0.15) is 0 Å². The van der Waals surface area contributed by atoms with Gasteiger partial charge in [0.25, 0.3) is 0 Å². The van der Waals surface area contributed by atoms with Gasteiger partial charge in [0.1, 0.15) is 5.01 Å². The molecule has 1 heterocycles. The van der Waals surface area contributed by atoms with E-state index < -0.39 is 6.09 Å². The molecule has 14 heavy (non-hydrogen) atoms. The Morgan fingerprint density at radius 2 is 2.43 bits per heavy atom. The standard InChI is InChI=1S/C8H11N3O2S/c1-2-13-8(12)9-7-11-10-6(14-7)5-3-4-5/h5H,2-4H2,1H3,(H,9,11,12). The fourth-order valence-electron chi connectivity index (χ4n) is 1.03. The number of nitrogens with zero attached hydrogens (tertiary/aromatic N) is 2. The molecule has 1 amide bonds. The van der Waals surface area contributed by atoms with Gasteiger partial charge in [-0.05, 0) is 19.8 Å². The molecule has 0 aromatic carbocycles. The van der Waals surface area contributed by atoms with Crippen LogP contribution in [0.3, 0.4) is 0 Å². The highest BCUT2D eigenvalue weighted by atomic mass is 32.1. The van der Waals surface area contributed by atoms with E-state index in [9.17, 15) is 4.79 Å². The Morgan fingerprint density at radius 3 is 3.07 bits per heavy atom. The van der Waals surface area contributed by atoms with Crippen LogP contribution in [0, 0.1) is 0 Å². The van der Waals surface area contributed by atoms with E-state index in [1.54, 1.807) is 6.92 Å². The molecule has 1 aromatic heterocycles. The van der Waals surface area contributed by atoms with Crippen molar-refractivity contribution in [1.29, 1.82) is 0 Å². The molecule has 1 N–H and O–H groups in total. The van der Waals surface area contributed by atoms with Crippen molar-refractivity contribution >= 4 is 22.6 Å². The number of hydrogen-bond donors (Lipinski definition) is 1. The fraction of sp³-hybridized carbons (Fsp3) is 0.625. The first-order chi connectivity index (χ1) is 6.79. The minimum Gasteiger partial charge on any atom is -0.450 e. The van der Waals surface area contributed by atoms with Crippen molar-refractivity contribution in [1.82, 2.24) is 10.2 Å². The highest BCUT2D eigenvalue weighted by molar-refractivity contribution is 7.15. The SMILES string of the molecule is CCOC(=O)Nc1nnc(C2CC2)s1. The Balaban J connectivity index is 1.92. The first kappa shape index (κ1) is 9.39. The summed E-state index contributed by atoms with van der Waals surface area (Å²) in [4.78, 5) is 11.0. The molecular formula is C8H11N3O2S. The number of nitrogens with one attached hydrogen (secondary N) is 1. The van der Waals surface area contributed by atoms with Gasteiger partial charge in [0.2, 0.25) is 5.13 Å². The Hall–Kier alpha value is -1.17. The summed E-state index contributed by atoms with van der Waals surface area (Å²) in [7, 11) is 0. The Bertz CT molecular complexity index is 335. The van der Waals surface area contributed by atoms with Crippen LogP contribution in [-0.2, 0) is 4.74 Å². The van der Waals surface area contributed by atoms with Gasteiger partial charge in [0.15, 0.2) is 0 Å². The highest BCUT2D eigenvalue weighted by Gasteiger charge is 2.27. The Kier molecular flexibility index (Phi) is 2.62. The van der Waals surface area contributed by atoms with Crippen LogP contribution in [-0.4, -0.2) is 22.9 Å². The molecule has 76 valence electrons. The van der Waals surface area contributed by atoms with Crippen molar-refractivity contribution in [3.05, 3.63) is 5.01 Å². The van der Waals surface area contributed by atoms with E-state index in [0.29, 0.717) is 17.7 Å². The van der Waals surface area contributed by atoms with Gasteiger partial charge < -0.3 is 4.74 Å². The minimum atomic E-state index is -0.467. The minimum absolute atomic E-state index is 0.361. The van der Waals surface area contributed by atoms with Crippen molar-refractivity contribution in [2.75, 3.05) is 11.9 Å². The predicted octanol–water partition coefficient (Wildman–Crippen LogP) is 1.98. The number of carbonyl (C=O) groups is 1. The first-order valence-corrected chi connectivity index (χ1v) is 5.38. The number of aromatic nitrogens is 2. The van der Waals surface area contributed by atoms with E-state index in [1.165, 1.54) is 24.2 Å². The van der Waals surface area contributed by atoms with Crippen molar-refractivity contribution < 1.29 is 9.53 Å². The second kappa shape index (κ2) is 3.91. The summed E-state index contributed by atoms with van der Waals surface area (Å²) in [6.45, 7) is 2.12. The molecule has 0 unspecified atom stereocenters. The second-order valence-electron chi connectivity index (χ2n) is 3.07. The lowest BCUT2D eigenvalue weighted by Crippen LogP contribution is -2.12. The maximum atomic E-state index is 11.0. The van der Waals surface area contributed by atoms with E-state index in [0.717, 1.165) is 5.01 Å². The molecule has 5 nitrogen and oxygen atoms in total. The third-order valence-electron chi connectivity index (χ3n) is 1.85. The molecule has 1 aromatic rings. The number of amides is 1. The quantitative estimate of drug-likeness (QED) is 0.833.